The zero-order valence-electron chi connectivity index (χ0n) is 19.4. The highest BCUT2D eigenvalue weighted by Crippen LogP contribution is 2.24. The highest BCUT2D eigenvalue weighted by Gasteiger charge is 2.14. The summed E-state index contributed by atoms with van der Waals surface area (Å²) in [6.45, 7) is 1.74. The summed E-state index contributed by atoms with van der Waals surface area (Å²) in [6.07, 6.45) is -0.0722. The van der Waals surface area contributed by atoms with Crippen molar-refractivity contribution < 1.29 is 14.3 Å². The molecule has 0 saturated carbocycles. The van der Waals surface area contributed by atoms with Crippen molar-refractivity contribution in [3.8, 4) is 17.2 Å². The number of benzene rings is 3. The topological polar surface area (TPSA) is 93.3 Å². The number of nitrogens with zero attached hydrogens (tertiary/aromatic N) is 1. The lowest BCUT2D eigenvalue weighted by molar-refractivity contribution is -0.115. The Hall–Kier alpha value is -4.04. The summed E-state index contributed by atoms with van der Waals surface area (Å²) in [6, 6.07) is 24.2. The fourth-order valence-electron chi connectivity index (χ4n) is 3.37. The fourth-order valence-corrected chi connectivity index (χ4v) is 4.22. The lowest BCUT2D eigenvalue weighted by Gasteiger charge is -2.10. The molecule has 1 amide bonds. The molecule has 0 aliphatic carbocycles. The molecule has 0 bridgehead atoms. The first kappa shape index (κ1) is 24.1. The molecule has 35 heavy (non-hydrogen) atoms. The molecule has 0 unspecified atom stereocenters. The Morgan fingerprint density at radius 2 is 1.69 bits per heavy atom. The van der Waals surface area contributed by atoms with Crippen LogP contribution in [0.25, 0.3) is 0 Å². The molecule has 0 radical (unpaired) electrons. The van der Waals surface area contributed by atoms with Crippen molar-refractivity contribution in [3.63, 3.8) is 0 Å². The molecule has 1 heterocycles. The quantitative estimate of drug-likeness (QED) is 0.244. The van der Waals surface area contributed by atoms with Crippen molar-refractivity contribution in [3.05, 3.63) is 106 Å². The number of rotatable bonds is 9. The average molecular weight is 488 g/mol. The van der Waals surface area contributed by atoms with Gasteiger partial charge >= 0.3 is 0 Å². The summed E-state index contributed by atoms with van der Waals surface area (Å²) >= 11 is 1.42. The van der Waals surface area contributed by atoms with E-state index in [1.165, 1.54) is 11.8 Å². The van der Waals surface area contributed by atoms with Crippen LogP contribution in [-0.4, -0.2) is 23.0 Å². The van der Waals surface area contributed by atoms with Gasteiger partial charge in [0.1, 0.15) is 17.2 Å². The van der Waals surface area contributed by atoms with Crippen LogP contribution >= 0.6 is 11.8 Å². The van der Waals surface area contributed by atoms with E-state index in [-0.39, 0.29) is 17.9 Å². The van der Waals surface area contributed by atoms with E-state index in [1.807, 2.05) is 54.6 Å². The van der Waals surface area contributed by atoms with Crippen LogP contribution in [-0.2, 0) is 17.0 Å². The second kappa shape index (κ2) is 11.4. The minimum Gasteiger partial charge on any atom is -0.497 e. The molecule has 4 aromatic rings. The standard InChI is InChI=1S/C27H25N3O4S/c1-18-24(26(32)30-27(28-18)35-17-19-7-6-10-23(15-19)33-2)16-25(31)29-20-11-13-22(14-12-20)34-21-8-4-3-5-9-21/h3-15H,16-17H2,1-2H3,(H,29,31)(H,28,30,32). The maximum absolute atomic E-state index is 12.7. The Morgan fingerprint density at radius 1 is 0.971 bits per heavy atom. The Labute approximate surface area is 207 Å². The van der Waals surface area contributed by atoms with Crippen LogP contribution in [0, 0.1) is 6.92 Å². The van der Waals surface area contributed by atoms with Gasteiger partial charge < -0.3 is 19.8 Å². The third-order valence-corrected chi connectivity index (χ3v) is 6.11. The molecule has 0 aliphatic rings. The molecule has 178 valence electrons. The van der Waals surface area contributed by atoms with Gasteiger partial charge in [-0.2, -0.15) is 0 Å². The van der Waals surface area contributed by atoms with Gasteiger partial charge in [0.05, 0.1) is 13.5 Å². The number of methoxy groups -OCH3 is 1. The molecule has 0 spiro atoms. The summed E-state index contributed by atoms with van der Waals surface area (Å²) in [5, 5.41) is 3.32. The van der Waals surface area contributed by atoms with E-state index in [0.717, 1.165) is 17.1 Å². The zero-order valence-corrected chi connectivity index (χ0v) is 20.2. The molecule has 0 saturated heterocycles. The zero-order chi connectivity index (χ0) is 24.6. The Balaban J connectivity index is 1.35. The van der Waals surface area contributed by atoms with Crippen LogP contribution in [0.3, 0.4) is 0 Å². The van der Waals surface area contributed by atoms with Crippen LogP contribution in [0.15, 0.2) is 88.8 Å². The number of H-pyrrole nitrogens is 1. The number of thioether (sulfide) groups is 1. The summed E-state index contributed by atoms with van der Waals surface area (Å²) in [5.41, 5.74) is 2.23. The van der Waals surface area contributed by atoms with E-state index < -0.39 is 0 Å². The molecular weight excluding hydrogens is 462 g/mol. The second-order valence-electron chi connectivity index (χ2n) is 7.74. The first-order valence-corrected chi connectivity index (χ1v) is 12.0. The highest BCUT2D eigenvalue weighted by molar-refractivity contribution is 7.98. The predicted molar refractivity (Wildman–Crippen MR) is 137 cm³/mol. The molecule has 8 heteroatoms. The molecule has 0 fully saturated rings. The maximum atomic E-state index is 12.7. The molecular formula is C27H25N3O4S. The van der Waals surface area contributed by atoms with E-state index in [9.17, 15) is 9.59 Å². The van der Waals surface area contributed by atoms with Gasteiger partial charge in [0.25, 0.3) is 5.56 Å². The third kappa shape index (κ3) is 6.74. The van der Waals surface area contributed by atoms with Crippen LogP contribution in [0.2, 0.25) is 0 Å². The van der Waals surface area contributed by atoms with Crippen LogP contribution < -0.4 is 20.3 Å². The van der Waals surface area contributed by atoms with Gasteiger partial charge in [-0.05, 0) is 61.0 Å². The number of carbonyl (C=O) groups excluding carboxylic acids is 1. The summed E-state index contributed by atoms with van der Waals surface area (Å²) < 4.78 is 11.0. The Kier molecular flexibility index (Phi) is 7.84. The minimum atomic E-state index is -0.313. The lowest BCUT2D eigenvalue weighted by Crippen LogP contribution is -2.23. The van der Waals surface area contributed by atoms with E-state index in [0.29, 0.717) is 33.6 Å². The first-order valence-electron chi connectivity index (χ1n) is 11.0. The number of nitrogens with one attached hydrogen (secondary N) is 2. The number of carbonyl (C=O) groups is 1. The number of aryl methyl sites for hydroxylation is 1. The normalized spacial score (nSPS) is 10.6. The van der Waals surface area contributed by atoms with Crippen molar-refractivity contribution in [1.82, 2.24) is 9.97 Å². The molecule has 2 N–H and O–H groups in total. The minimum absolute atomic E-state index is 0.0722. The molecule has 1 aromatic heterocycles. The molecule has 0 atom stereocenters. The van der Waals surface area contributed by atoms with E-state index in [2.05, 4.69) is 15.3 Å². The number of hydrogen-bond acceptors (Lipinski definition) is 6. The van der Waals surface area contributed by atoms with Gasteiger partial charge in [0.2, 0.25) is 5.91 Å². The van der Waals surface area contributed by atoms with Gasteiger partial charge in [-0.25, -0.2) is 4.98 Å². The number of ether oxygens (including phenoxy) is 2. The highest BCUT2D eigenvalue weighted by atomic mass is 32.2. The van der Waals surface area contributed by atoms with E-state index >= 15 is 0 Å². The van der Waals surface area contributed by atoms with Gasteiger partial charge in [-0.1, -0.05) is 42.1 Å². The van der Waals surface area contributed by atoms with Crippen LogP contribution in [0.5, 0.6) is 17.2 Å². The molecule has 0 aliphatic heterocycles. The largest absolute Gasteiger partial charge is 0.497 e. The maximum Gasteiger partial charge on any atom is 0.255 e. The van der Waals surface area contributed by atoms with Crippen LogP contribution in [0.1, 0.15) is 16.8 Å². The number of para-hydroxylation sites is 1. The van der Waals surface area contributed by atoms with Crippen molar-refractivity contribution in [2.24, 2.45) is 0 Å². The summed E-state index contributed by atoms with van der Waals surface area (Å²) in [5.74, 6) is 2.50. The number of amides is 1. The summed E-state index contributed by atoms with van der Waals surface area (Å²) in [7, 11) is 1.62. The van der Waals surface area contributed by atoms with Crippen LogP contribution in [0.4, 0.5) is 5.69 Å². The third-order valence-electron chi connectivity index (χ3n) is 5.16. The van der Waals surface area contributed by atoms with Crippen molar-refractivity contribution in [1.29, 1.82) is 0 Å². The fraction of sp³-hybridized carbons (Fsp3) is 0.148. The summed E-state index contributed by atoms with van der Waals surface area (Å²) in [4.78, 5) is 32.5. The van der Waals surface area contributed by atoms with Gasteiger partial charge in [0.15, 0.2) is 5.16 Å². The number of hydrogen-bond donors (Lipinski definition) is 2. The Morgan fingerprint density at radius 3 is 2.40 bits per heavy atom. The first-order chi connectivity index (χ1) is 17.0. The monoisotopic (exact) mass is 487 g/mol. The van der Waals surface area contributed by atoms with Gasteiger partial charge in [-0.3, -0.25) is 9.59 Å². The number of aromatic amines is 1. The predicted octanol–water partition coefficient (Wildman–Crippen LogP) is 5.35. The smallest absolute Gasteiger partial charge is 0.255 e. The van der Waals surface area contributed by atoms with Crippen molar-refractivity contribution in [2.45, 2.75) is 24.3 Å². The van der Waals surface area contributed by atoms with Gasteiger partial charge in [0, 0.05) is 22.7 Å². The Bertz CT molecular complexity index is 1360. The van der Waals surface area contributed by atoms with E-state index in [4.69, 9.17) is 9.47 Å². The molecule has 3 aromatic carbocycles. The SMILES string of the molecule is COc1cccc(CSc2nc(C)c(CC(=O)Nc3ccc(Oc4ccccc4)cc3)c(=O)[nH]2)c1. The average Bonchev–Trinajstić information content (AvgIpc) is 2.87. The van der Waals surface area contributed by atoms with Crippen molar-refractivity contribution >= 4 is 23.4 Å². The van der Waals surface area contributed by atoms with Crippen molar-refractivity contribution in [2.75, 3.05) is 12.4 Å². The van der Waals surface area contributed by atoms with Gasteiger partial charge in [-0.15, -0.1) is 0 Å². The number of anilines is 1. The van der Waals surface area contributed by atoms with E-state index in [1.54, 1.807) is 38.3 Å². The molecule has 4 rings (SSSR count). The molecule has 7 nitrogen and oxygen atoms in total. The second-order valence-corrected chi connectivity index (χ2v) is 8.70. The lowest BCUT2D eigenvalue weighted by atomic mass is 10.1. The number of aromatic nitrogens is 2.